The first-order valence-electron chi connectivity index (χ1n) is 11.2. The molecule has 7 nitrogen and oxygen atoms in total. The van der Waals surface area contributed by atoms with E-state index < -0.39 is 10.0 Å². The molecule has 1 aliphatic heterocycles. The van der Waals surface area contributed by atoms with Gasteiger partial charge in [-0.1, -0.05) is 39.0 Å². The molecular formula is C24H33N3O4S. The molecule has 8 heteroatoms. The van der Waals surface area contributed by atoms with Gasteiger partial charge in [0.1, 0.15) is 0 Å². The smallest absolute Gasteiger partial charge is 0.255 e. The molecule has 1 heterocycles. The van der Waals surface area contributed by atoms with Gasteiger partial charge in [-0.3, -0.25) is 9.69 Å². The Labute approximate surface area is 191 Å². The number of benzene rings is 2. The minimum atomic E-state index is -3.69. The Morgan fingerprint density at radius 2 is 1.78 bits per heavy atom. The second-order valence-electron chi connectivity index (χ2n) is 7.81. The van der Waals surface area contributed by atoms with Crippen molar-refractivity contribution in [2.75, 3.05) is 44.7 Å². The standard InChI is InChI=1S/C24H33N3O4S/c1-4-20-10-11-21(17-23(20)32(29,30)27-12-14-31-15-13-27)24(28)25-22-9-7-8-19(16-22)18-26(5-2)6-3/h7-11,16-17H,4-6,12-15,18H2,1-3H3,(H,25,28). The van der Waals surface area contributed by atoms with Crippen LogP contribution in [-0.4, -0.2) is 62.9 Å². The number of morpholine rings is 1. The molecule has 0 aliphatic carbocycles. The lowest BCUT2D eigenvalue weighted by molar-refractivity contribution is 0.0730. The zero-order chi connectivity index (χ0) is 23.1. The van der Waals surface area contributed by atoms with E-state index in [2.05, 4.69) is 24.1 Å². The maximum Gasteiger partial charge on any atom is 0.255 e. The van der Waals surface area contributed by atoms with Gasteiger partial charge in [0.25, 0.3) is 5.91 Å². The Morgan fingerprint density at radius 3 is 2.44 bits per heavy atom. The van der Waals surface area contributed by atoms with Crippen LogP contribution in [0.4, 0.5) is 5.69 Å². The van der Waals surface area contributed by atoms with Crippen molar-refractivity contribution in [1.82, 2.24) is 9.21 Å². The van der Waals surface area contributed by atoms with Crippen LogP contribution in [-0.2, 0) is 27.7 Å². The van der Waals surface area contributed by atoms with Crippen molar-refractivity contribution in [1.29, 1.82) is 0 Å². The fourth-order valence-corrected chi connectivity index (χ4v) is 5.54. The van der Waals surface area contributed by atoms with E-state index in [1.54, 1.807) is 12.1 Å². The summed E-state index contributed by atoms with van der Waals surface area (Å²) in [5.41, 5.74) is 2.83. The summed E-state index contributed by atoms with van der Waals surface area (Å²) in [6.07, 6.45) is 0.564. The molecule has 0 aromatic heterocycles. The van der Waals surface area contributed by atoms with Crippen LogP contribution in [0.15, 0.2) is 47.4 Å². The number of carbonyl (C=O) groups excluding carboxylic acids is 1. The molecule has 0 saturated carbocycles. The van der Waals surface area contributed by atoms with E-state index in [4.69, 9.17) is 4.74 Å². The van der Waals surface area contributed by atoms with Crippen LogP contribution in [0.2, 0.25) is 0 Å². The van der Waals surface area contributed by atoms with Crippen LogP contribution in [0, 0.1) is 0 Å². The van der Waals surface area contributed by atoms with Gasteiger partial charge in [0, 0.05) is 30.9 Å². The molecule has 3 rings (SSSR count). The van der Waals surface area contributed by atoms with Gasteiger partial charge in [-0.05, 0) is 54.9 Å². The molecule has 32 heavy (non-hydrogen) atoms. The largest absolute Gasteiger partial charge is 0.379 e. The topological polar surface area (TPSA) is 79.0 Å². The molecule has 2 aromatic carbocycles. The summed E-state index contributed by atoms with van der Waals surface area (Å²) in [7, 11) is -3.69. The first kappa shape index (κ1) is 24.4. The molecule has 1 saturated heterocycles. The van der Waals surface area contributed by atoms with E-state index in [0.29, 0.717) is 49.5 Å². The van der Waals surface area contributed by atoms with E-state index in [1.807, 2.05) is 31.2 Å². The van der Waals surface area contributed by atoms with Gasteiger partial charge < -0.3 is 10.1 Å². The first-order valence-corrected chi connectivity index (χ1v) is 12.7. The summed E-state index contributed by atoms with van der Waals surface area (Å²) < 4.78 is 33.2. The first-order chi connectivity index (χ1) is 15.4. The van der Waals surface area contributed by atoms with Gasteiger partial charge in [0.15, 0.2) is 0 Å². The number of hydrogen-bond acceptors (Lipinski definition) is 5. The summed E-state index contributed by atoms with van der Waals surface area (Å²) in [5.74, 6) is -0.328. The fraction of sp³-hybridized carbons (Fsp3) is 0.458. The van der Waals surface area contributed by atoms with Crippen LogP contribution in [0.3, 0.4) is 0 Å². The predicted molar refractivity (Wildman–Crippen MR) is 126 cm³/mol. The third-order valence-corrected chi connectivity index (χ3v) is 7.76. The summed E-state index contributed by atoms with van der Waals surface area (Å²) in [6, 6.07) is 12.7. The minimum absolute atomic E-state index is 0.199. The highest BCUT2D eigenvalue weighted by Gasteiger charge is 2.29. The fourth-order valence-electron chi connectivity index (χ4n) is 3.81. The van der Waals surface area contributed by atoms with Crippen molar-refractivity contribution in [3.63, 3.8) is 0 Å². The number of carbonyl (C=O) groups is 1. The van der Waals surface area contributed by atoms with Crippen LogP contribution in [0.5, 0.6) is 0 Å². The third kappa shape index (κ3) is 5.75. The Hall–Kier alpha value is -2.26. The molecule has 0 unspecified atom stereocenters. The molecule has 174 valence electrons. The highest BCUT2D eigenvalue weighted by molar-refractivity contribution is 7.89. The second kappa shape index (κ2) is 11.0. The van der Waals surface area contributed by atoms with E-state index in [0.717, 1.165) is 25.2 Å². The molecule has 0 atom stereocenters. The normalized spacial score (nSPS) is 15.1. The monoisotopic (exact) mass is 459 g/mol. The van der Waals surface area contributed by atoms with Gasteiger partial charge >= 0.3 is 0 Å². The van der Waals surface area contributed by atoms with Crippen molar-refractivity contribution in [3.8, 4) is 0 Å². The number of hydrogen-bond donors (Lipinski definition) is 1. The summed E-state index contributed by atoms with van der Waals surface area (Å²) >= 11 is 0. The average molecular weight is 460 g/mol. The molecular weight excluding hydrogens is 426 g/mol. The summed E-state index contributed by atoms with van der Waals surface area (Å²) in [5, 5.41) is 2.92. The molecule has 1 fully saturated rings. The van der Waals surface area contributed by atoms with Gasteiger partial charge in [0.2, 0.25) is 10.0 Å². The summed E-state index contributed by atoms with van der Waals surface area (Å²) in [6.45, 7) is 10.3. The third-order valence-electron chi connectivity index (χ3n) is 5.78. The number of nitrogens with zero attached hydrogens (tertiary/aromatic N) is 2. The lowest BCUT2D eigenvalue weighted by Crippen LogP contribution is -2.41. The Kier molecular flexibility index (Phi) is 8.42. The number of rotatable bonds is 9. The van der Waals surface area contributed by atoms with Crippen LogP contribution in [0.1, 0.15) is 42.3 Å². The minimum Gasteiger partial charge on any atom is -0.379 e. The van der Waals surface area contributed by atoms with E-state index in [1.165, 1.54) is 10.4 Å². The highest BCUT2D eigenvalue weighted by atomic mass is 32.2. The maximum absolute atomic E-state index is 13.2. The molecule has 0 bridgehead atoms. The van der Waals surface area contributed by atoms with Gasteiger partial charge in [0.05, 0.1) is 18.1 Å². The molecule has 0 radical (unpaired) electrons. The van der Waals surface area contributed by atoms with E-state index >= 15 is 0 Å². The average Bonchev–Trinajstić information content (AvgIpc) is 2.82. The number of nitrogens with one attached hydrogen (secondary N) is 1. The SMILES string of the molecule is CCc1ccc(C(=O)Nc2cccc(CN(CC)CC)c2)cc1S(=O)(=O)N1CCOCC1. The Balaban J connectivity index is 1.83. The molecule has 1 amide bonds. The van der Waals surface area contributed by atoms with Crippen molar-refractivity contribution >= 4 is 21.6 Å². The van der Waals surface area contributed by atoms with Crippen molar-refractivity contribution < 1.29 is 17.9 Å². The zero-order valence-corrected chi connectivity index (χ0v) is 20.0. The van der Waals surface area contributed by atoms with Gasteiger partial charge in [-0.2, -0.15) is 4.31 Å². The van der Waals surface area contributed by atoms with E-state index in [9.17, 15) is 13.2 Å². The van der Waals surface area contributed by atoms with Crippen molar-refractivity contribution in [3.05, 3.63) is 59.2 Å². The number of ether oxygens (including phenoxy) is 1. The molecule has 1 N–H and O–H groups in total. The lowest BCUT2D eigenvalue weighted by atomic mass is 10.1. The van der Waals surface area contributed by atoms with Crippen LogP contribution >= 0.6 is 0 Å². The predicted octanol–water partition coefficient (Wildman–Crippen LogP) is 3.36. The number of amides is 1. The number of sulfonamides is 1. The molecule has 1 aliphatic rings. The van der Waals surface area contributed by atoms with Gasteiger partial charge in [-0.15, -0.1) is 0 Å². The molecule has 0 spiro atoms. The maximum atomic E-state index is 13.2. The van der Waals surface area contributed by atoms with Crippen LogP contribution < -0.4 is 5.32 Å². The number of anilines is 1. The second-order valence-corrected chi connectivity index (χ2v) is 9.71. The quantitative estimate of drug-likeness (QED) is 0.622. The van der Waals surface area contributed by atoms with Crippen molar-refractivity contribution in [2.24, 2.45) is 0 Å². The Morgan fingerprint density at radius 1 is 1.06 bits per heavy atom. The van der Waals surface area contributed by atoms with Crippen LogP contribution in [0.25, 0.3) is 0 Å². The number of aryl methyl sites for hydroxylation is 1. The van der Waals surface area contributed by atoms with Crippen molar-refractivity contribution in [2.45, 2.75) is 38.6 Å². The molecule has 2 aromatic rings. The van der Waals surface area contributed by atoms with E-state index in [-0.39, 0.29) is 10.8 Å². The lowest BCUT2D eigenvalue weighted by Gasteiger charge is -2.27. The Bertz CT molecular complexity index is 1030. The summed E-state index contributed by atoms with van der Waals surface area (Å²) in [4.78, 5) is 15.5. The highest BCUT2D eigenvalue weighted by Crippen LogP contribution is 2.24. The zero-order valence-electron chi connectivity index (χ0n) is 19.1. The van der Waals surface area contributed by atoms with Gasteiger partial charge in [-0.25, -0.2) is 8.42 Å².